The number of halogens is 1. The van der Waals surface area contributed by atoms with E-state index in [1.807, 2.05) is 29.8 Å². The highest BCUT2D eigenvalue weighted by molar-refractivity contribution is 6.31. The van der Waals surface area contributed by atoms with Gasteiger partial charge in [0, 0.05) is 22.7 Å². The molecule has 0 amide bonds. The molecule has 0 aromatic carbocycles. The highest BCUT2D eigenvalue weighted by Gasteiger charge is 2.32. The Balaban J connectivity index is 1.80. The quantitative estimate of drug-likeness (QED) is 0.552. The van der Waals surface area contributed by atoms with E-state index in [2.05, 4.69) is 34.0 Å². The third kappa shape index (κ3) is 2.70. The average molecular weight is 395 g/mol. The van der Waals surface area contributed by atoms with Crippen LogP contribution in [0.25, 0.3) is 33.5 Å². The van der Waals surface area contributed by atoms with Crippen LogP contribution < -0.4 is 0 Å². The molecule has 4 aromatic heterocycles. The summed E-state index contributed by atoms with van der Waals surface area (Å²) in [5.74, 6) is 0. The van der Waals surface area contributed by atoms with Crippen molar-refractivity contribution in [3.05, 3.63) is 47.0 Å². The van der Waals surface area contributed by atoms with Gasteiger partial charge in [-0.25, -0.2) is 9.97 Å². The predicted molar refractivity (Wildman–Crippen MR) is 107 cm³/mol. The van der Waals surface area contributed by atoms with Gasteiger partial charge in [-0.2, -0.15) is 10.2 Å². The number of aromatic nitrogens is 6. The number of ether oxygens (including phenoxy) is 1. The van der Waals surface area contributed by atoms with Crippen molar-refractivity contribution >= 4 is 22.6 Å². The zero-order chi connectivity index (χ0) is 19.5. The van der Waals surface area contributed by atoms with Gasteiger partial charge in [-0.1, -0.05) is 11.6 Å². The molecular weight excluding hydrogens is 376 g/mol. The Kier molecular flexibility index (Phi) is 3.79. The van der Waals surface area contributed by atoms with E-state index in [9.17, 15) is 0 Å². The van der Waals surface area contributed by atoms with Gasteiger partial charge in [-0.15, -0.1) is 0 Å². The molecule has 7 nitrogen and oxygen atoms in total. The molecule has 5 rings (SSSR count). The molecule has 8 heteroatoms. The molecule has 0 spiro atoms. The lowest BCUT2D eigenvalue weighted by Crippen LogP contribution is -2.36. The summed E-state index contributed by atoms with van der Waals surface area (Å²) in [6, 6.07) is 5.76. The molecule has 0 bridgehead atoms. The topological polar surface area (TPSA) is 81.5 Å². The molecule has 1 aliphatic heterocycles. The lowest BCUT2D eigenvalue weighted by molar-refractivity contribution is -0.0657. The number of hydrogen-bond acceptors (Lipinski definition) is 5. The van der Waals surface area contributed by atoms with Crippen molar-refractivity contribution in [1.29, 1.82) is 0 Å². The van der Waals surface area contributed by atoms with Gasteiger partial charge in [0.25, 0.3) is 0 Å². The lowest BCUT2D eigenvalue weighted by Gasteiger charge is -2.31. The van der Waals surface area contributed by atoms with Gasteiger partial charge in [0.1, 0.15) is 5.69 Å². The smallest absolute Gasteiger partial charge is 0.155 e. The minimum absolute atomic E-state index is 0.278. The first-order chi connectivity index (χ1) is 13.4. The van der Waals surface area contributed by atoms with Crippen LogP contribution in [-0.2, 0) is 17.9 Å². The summed E-state index contributed by atoms with van der Waals surface area (Å²) in [6.07, 6.45) is 3.57. The van der Waals surface area contributed by atoms with Gasteiger partial charge < -0.3 is 4.74 Å². The maximum Gasteiger partial charge on any atom is 0.155 e. The van der Waals surface area contributed by atoms with Crippen LogP contribution in [0.1, 0.15) is 25.2 Å². The number of hydrogen-bond donors (Lipinski definition) is 1. The van der Waals surface area contributed by atoms with Crippen LogP contribution in [0.5, 0.6) is 0 Å². The first kappa shape index (κ1) is 17.3. The highest BCUT2D eigenvalue weighted by Crippen LogP contribution is 2.40. The van der Waals surface area contributed by atoms with Crippen molar-refractivity contribution in [3.8, 4) is 22.5 Å². The van der Waals surface area contributed by atoms with Gasteiger partial charge in [-0.3, -0.25) is 9.78 Å². The Bertz CT molecular complexity index is 1210. The average Bonchev–Trinajstić information content (AvgIpc) is 3.27. The molecule has 5 heterocycles. The summed E-state index contributed by atoms with van der Waals surface area (Å²) in [5, 5.41) is 13.6. The van der Waals surface area contributed by atoms with Crippen LogP contribution in [0.15, 0.2) is 30.6 Å². The van der Waals surface area contributed by atoms with Gasteiger partial charge in [0.15, 0.2) is 5.65 Å². The molecule has 4 aromatic rings. The van der Waals surface area contributed by atoms with E-state index < -0.39 is 0 Å². The highest BCUT2D eigenvalue weighted by atomic mass is 35.5. The summed E-state index contributed by atoms with van der Waals surface area (Å²) >= 11 is 6.20. The number of aromatic amines is 1. The summed E-state index contributed by atoms with van der Waals surface area (Å²) in [7, 11) is 0. The lowest BCUT2D eigenvalue weighted by atomic mass is 9.98. The van der Waals surface area contributed by atoms with E-state index in [0.717, 1.165) is 44.9 Å². The van der Waals surface area contributed by atoms with Crippen LogP contribution in [0.4, 0.5) is 0 Å². The number of nitrogens with zero attached hydrogens (tertiary/aromatic N) is 5. The van der Waals surface area contributed by atoms with Crippen molar-refractivity contribution in [2.45, 2.75) is 39.5 Å². The standard InChI is InChI=1S/C20H19ClN6O/c1-11-14(21)4-5-15(24-11)18-17(12-6-7-22-19-13(12)8-23-25-19)16-9-28-20(2,3)10-27(16)26-18/h4-8H,9-10H2,1-3H3,(H,22,23,25). The number of fused-ring (bicyclic) bond motifs is 2. The van der Waals surface area contributed by atoms with Crippen molar-refractivity contribution in [2.75, 3.05) is 0 Å². The molecule has 0 saturated carbocycles. The third-order valence-electron chi connectivity index (χ3n) is 5.08. The first-order valence-corrected chi connectivity index (χ1v) is 9.46. The van der Waals surface area contributed by atoms with Crippen molar-refractivity contribution in [2.24, 2.45) is 0 Å². The number of nitrogens with one attached hydrogen (secondary N) is 1. The second-order valence-corrected chi connectivity index (χ2v) is 8.04. The number of rotatable bonds is 2. The normalized spacial score (nSPS) is 15.7. The largest absolute Gasteiger partial charge is 0.367 e. The fourth-order valence-electron chi connectivity index (χ4n) is 3.65. The summed E-state index contributed by atoms with van der Waals surface area (Å²) in [5.41, 5.74) is 5.86. The molecule has 28 heavy (non-hydrogen) atoms. The number of aryl methyl sites for hydroxylation is 1. The van der Waals surface area contributed by atoms with Crippen LogP contribution in [-0.4, -0.2) is 35.5 Å². The van der Waals surface area contributed by atoms with E-state index in [1.54, 1.807) is 12.4 Å². The molecule has 0 aliphatic carbocycles. The van der Waals surface area contributed by atoms with Crippen molar-refractivity contribution in [3.63, 3.8) is 0 Å². The van der Waals surface area contributed by atoms with Crippen molar-refractivity contribution in [1.82, 2.24) is 29.9 Å². The maximum absolute atomic E-state index is 6.20. The Labute approximate surface area is 166 Å². The van der Waals surface area contributed by atoms with Crippen LogP contribution in [0, 0.1) is 6.92 Å². The molecule has 0 fully saturated rings. The summed E-state index contributed by atoms with van der Waals surface area (Å²) in [4.78, 5) is 9.05. The van der Waals surface area contributed by atoms with Crippen LogP contribution in [0.3, 0.4) is 0 Å². The Morgan fingerprint density at radius 3 is 2.93 bits per heavy atom. The fourth-order valence-corrected chi connectivity index (χ4v) is 3.76. The molecular formula is C20H19ClN6O. The molecule has 142 valence electrons. The fraction of sp³-hybridized carbons (Fsp3) is 0.300. The van der Waals surface area contributed by atoms with E-state index in [-0.39, 0.29) is 5.60 Å². The molecule has 1 aliphatic rings. The molecule has 0 saturated heterocycles. The molecule has 1 N–H and O–H groups in total. The second-order valence-electron chi connectivity index (χ2n) is 7.63. The monoisotopic (exact) mass is 394 g/mol. The number of pyridine rings is 2. The van der Waals surface area contributed by atoms with Gasteiger partial charge >= 0.3 is 0 Å². The number of H-pyrrole nitrogens is 1. The van der Waals surface area contributed by atoms with Crippen LogP contribution in [0.2, 0.25) is 5.02 Å². The van der Waals surface area contributed by atoms with Gasteiger partial charge in [-0.05, 0) is 39.0 Å². The molecule has 0 radical (unpaired) electrons. The second kappa shape index (κ2) is 6.12. The molecule has 0 atom stereocenters. The Morgan fingerprint density at radius 2 is 2.11 bits per heavy atom. The minimum Gasteiger partial charge on any atom is -0.367 e. The zero-order valence-corrected chi connectivity index (χ0v) is 16.6. The maximum atomic E-state index is 6.20. The minimum atomic E-state index is -0.278. The summed E-state index contributed by atoms with van der Waals surface area (Å²) in [6.45, 7) is 7.18. The van der Waals surface area contributed by atoms with E-state index in [0.29, 0.717) is 18.2 Å². The van der Waals surface area contributed by atoms with Crippen molar-refractivity contribution < 1.29 is 4.74 Å². The Hall–Kier alpha value is -2.77. The van der Waals surface area contributed by atoms with Gasteiger partial charge in [0.05, 0.1) is 47.1 Å². The SMILES string of the molecule is Cc1nc(-c2nn3c(c2-c2ccnc4[nH]ncc24)COC(C)(C)C3)ccc1Cl. The predicted octanol–water partition coefficient (Wildman–Crippen LogP) is 4.15. The van der Waals surface area contributed by atoms with E-state index >= 15 is 0 Å². The van der Waals surface area contributed by atoms with Gasteiger partial charge in [0.2, 0.25) is 0 Å². The zero-order valence-electron chi connectivity index (χ0n) is 15.8. The van der Waals surface area contributed by atoms with Crippen LogP contribution >= 0.6 is 11.6 Å². The first-order valence-electron chi connectivity index (χ1n) is 9.08. The summed E-state index contributed by atoms with van der Waals surface area (Å²) < 4.78 is 8.13. The van der Waals surface area contributed by atoms with E-state index in [1.165, 1.54) is 0 Å². The van der Waals surface area contributed by atoms with E-state index in [4.69, 9.17) is 21.4 Å². The molecule has 0 unspecified atom stereocenters. The third-order valence-corrected chi connectivity index (χ3v) is 5.47. The Morgan fingerprint density at radius 1 is 1.25 bits per heavy atom.